The topological polar surface area (TPSA) is 58.3 Å². The molecule has 0 amide bonds. The second kappa shape index (κ2) is 6.37. The Morgan fingerprint density at radius 3 is 2.58 bits per heavy atom. The van der Waals surface area contributed by atoms with E-state index >= 15 is 0 Å². The number of hydrogen-bond donors (Lipinski definition) is 1. The minimum absolute atomic E-state index is 0.597. The highest BCUT2D eigenvalue weighted by atomic mass is 15.3. The first-order valence-corrected chi connectivity index (χ1v) is 9.56. The molecule has 0 radical (unpaired) electrons. The Kier molecular flexibility index (Phi) is 4.22. The number of likely N-dealkylation sites (tertiary alicyclic amines) is 1. The number of hydrogen-bond acceptors (Lipinski definition) is 3. The molecule has 3 aliphatic rings. The smallest absolute Gasteiger partial charge is 0.194 e. The van der Waals surface area contributed by atoms with Gasteiger partial charge in [0, 0.05) is 26.2 Å². The molecule has 132 valence electrons. The van der Waals surface area contributed by atoms with E-state index in [4.69, 9.17) is 4.99 Å². The lowest BCUT2D eigenvalue weighted by molar-refractivity contribution is 0.151. The van der Waals surface area contributed by atoms with Crippen LogP contribution in [0.2, 0.25) is 0 Å². The third-order valence-electron chi connectivity index (χ3n) is 6.39. The number of aliphatic imine (C=N–C) groups is 1. The summed E-state index contributed by atoms with van der Waals surface area (Å²) in [5.74, 6) is 2.99. The van der Waals surface area contributed by atoms with Crippen LogP contribution in [0.3, 0.4) is 0 Å². The molecule has 4 rings (SSSR count). The average molecular weight is 330 g/mol. The molecule has 6 heteroatoms. The van der Waals surface area contributed by atoms with Gasteiger partial charge in [-0.2, -0.15) is 0 Å². The van der Waals surface area contributed by atoms with E-state index < -0.39 is 0 Å². The molecule has 1 aliphatic heterocycles. The van der Waals surface area contributed by atoms with Gasteiger partial charge in [0.2, 0.25) is 0 Å². The molecule has 1 aromatic heterocycles. The number of nitrogens with one attached hydrogen (secondary N) is 1. The Morgan fingerprint density at radius 2 is 2.00 bits per heavy atom. The van der Waals surface area contributed by atoms with Crippen LogP contribution in [0.4, 0.5) is 0 Å². The highest BCUT2D eigenvalue weighted by molar-refractivity contribution is 5.80. The van der Waals surface area contributed by atoms with E-state index in [0.29, 0.717) is 18.0 Å². The van der Waals surface area contributed by atoms with Gasteiger partial charge in [-0.25, -0.2) is 4.99 Å². The van der Waals surface area contributed by atoms with Crippen LogP contribution in [0.25, 0.3) is 0 Å². The molecule has 1 aromatic rings. The van der Waals surface area contributed by atoms with E-state index in [2.05, 4.69) is 20.4 Å². The van der Waals surface area contributed by atoms with Crippen LogP contribution in [-0.4, -0.2) is 44.8 Å². The van der Waals surface area contributed by atoms with Crippen molar-refractivity contribution < 1.29 is 0 Å². The monoisotopic (exact) mass is 330 g/mol. The highest BCUT2D eigenvalue weighted by Crippen LogP contribution is 2.47. The first-order valence-electron chi connectivity index (χ1n) is 9.56. The number of aromatic nitrogens is 3. The Bertz CT molecular complexity index is 609. The molecule has 0 unspecified atom stereocenters. The lowest BCUT2D eigenvalue weighted by Crippen LogP contribution is -2.46. The fraction of sp³-hybridized carbons (Fsp3) is 0.833. The number of rotatable bonds is 3. The van der Waals surface area contributed by atoms with Gasteiger partial charge in [0.15, 0.2) is 11.8 Å². The highest BCUT2D eigenvalue weighted by Gasteiger charge is 2.43. The fourth-order valence-electron chi connectivity index (χ4n) is 4.42. The van der Waals surface area contributed by atoms with Crippen LogP contribution >= 0.6 is 0 Å². The normalized spacial score (nSPS) is 23.9. The molecule has 2 heterocycles. The van der Waals surface area contributed by atoms with Gasteiger partial charge < -0.3 is 14.8 Å². The first kappa shape index (κ1) is 15.9. The molecular weight excluding hydrogens is 300 g/mol. The van der Waals surface area contributed by atoms with Gasteiger partial charge in [0.25, 0.3) is 0 Å². The van der Waals surface area contributed by atoms with Crippen LogP contribution in [0.5, 0.6) is 0 Å². The van der Waals surface area contributed by atoms with Crippen molar-refractivity contribution >= 4 is 5.96 Å². The third kappa shape index (κ3) is 3.03. The molecule has 2 saturated carbocycles. The Labute approximate surface area is 144 Å². The number of aryl methyl sites for hydroxylation is 1. The van der Waals surface area contributed by atoms with E-state index in [1.54, 1.807) is 0 Å². The average Bonchev–Trinajstić information content (AvgIpc) is 3.26. The van der Waals surface area contributed by atoms with E-state index in [0.717, 1.165) is 24.2 Å². The molecule has 6 nitrogen and oxygen atoms in total. The second-order valence-electron chi connectivity index (χ2n) is 8.01. The molecular formula is C18H30N6. The van der Waals surface area contributed by atoms with Crippen molar-refractivity contribution in [3.8, 4) is 0 Å². The van der Waals surface area contributed by atoms with Crippen molar-refractivity contribution in [3.05, 3.63) is 11.6 Å². The number of nitrogens with zero attached hydrogens (tertiary/aromatic N) is 5. The predicted octanol–water partition coefficient (Wildman–Crippen LogP) is 2.39. The quantitative estimate of drug-likeness (QED) is 0.683. The van der Waals surface area contributed by atoms with Crippen molar-refractivity contribution in [1.82, 2.24) is 25.0 Å². The zero-order valence-electron chi connectivity index (χ0n) is 15.1. The van der Waals surface area contributed by atoms with Crippen LogP contribution in [0.15, 0.2) is 4.99 Å². The summed E-state index contributed by atoms with van der Waals surface area (Å²) in [5, 5.41) is 12.2. The lowest BCUT2D eigenvalue weighted by Gasteiger charge is -2.38. The Balaban J connectivity index is 1.48. The van der Waals surface area contributed by atoms with Gasteiger partial charge in [0.05, 0.1) is 0 Å². The predicted molar refractivity (Wildman–Crippen MR) is 94.7 cm³/mol. The SMILES string of the molecule is Cc1nnc(CN=C(NC2CCCC2)N2CCC3(CCC3)C2)n1C. The van der Waals surface area contributed by atoms with Crippen LogP contribution in [0.1, 0.15) is 63.0 Å². The van der Waals surface area contributed by atoms with Gasteiger partial charge in [-0.15, -0.1) is 10.2 Å². The van der Waals surface area contributed by atoms with Gasteiger partial charge in [-0.3, -0.25) is 0 Å². The van der Waals surface area contributed by atoms with E-state index in [9.17, 15) is 0 Å². The van der Waals surface area contributed by atoms with Gasteiger partial charge in [-0.1, -0.05) is 19.3 Å². The maximum atomic E-state index is 4.95. The fourth-order valence-corrected chi connectivity index (χ4v) is 4.42. The van der Waals surface area contributed by atoms with Gasteiger partial charge in [-0.05, 0) is 44.4 Å². The zero-order valence-corrected chi connectivity index (χ0v) is 15.1. The summed E-state index contributed by atoms with van der Waals surface area (Å²) in [4.78, 5) is 7.45. The maximum Gasteiger partial charge on any atom is 0.194 e. The van der Waals surface area contributed by atoms with Crippen molar-refractivity contribution in [2.24, 2.45) is 17.5 Å². The van der Waals surface area contributed by atoms with Crippen LogP contribution in [-0.2, 0) is 13.6 Å². The maximum absolute atomic E-state index is 4.95. The number of guanidine groups is 1. The minimum Gasteiger partial charge on any atom is -0.353 e. The molecule has 2 aliphatic carbocycles. The Hall–Kier alpha value is -1.59. The Morgan fingerprint density at radius 1 is 1.21 bits per heavy atom. The summed E-state index contributed by atoms with van der Waals surface area (Å²) in [6.07, 6.45) is 10.8. The molecule has 0 atom stereocenters. The zero-order chi connectivity index (χ0) is 16.6. The molecule has 0 bridgehead atoms. The summed E-state index contributed by atoms with van der Waals surface area (Å²) in [7, 11) is 2.02. The molecule has 0 aromatic carbocycles. The van der Waals surface area contributed by atoms with Crippen LogP contribution in [0, 0.1) is 12.3 Å². The van der Waals surface area contributed by atoms with E-state index in [1.807, 2.05) is 18.5 Å². The molecule has 24 heavy (non-hydrogen) atoms. The summed E-state index contributed by atoms with van der Waals surface area (Å²) >= 11 is 0. The summed E-state index contributed by atoms with van der Waals surface area (Å²) in [6.45, 7) is 4.93. The minimum atomic E-state index is 0.597. The lowest BCUT2D eigenvalue weighted by atomic mass is 9.68. The van der Waals surface area contributed by atoms with Gasteiger partial charge >= 0.3 is 0 Å². The first-order chi connectivity index (χ1) is 11.7. The molecule has 1 saturated heterocycles. The summed E-state index contributed by atoms with van der Waals surface area (Å²) in [5.41, 5.74) is 0.597. The van der Waals surface area contributed by atoms with Crippen molar-refractivity contribution in [1.29, 1.82) is 0 Å². The summed E-state index contributed by atoms with van der Waals surface area (Å²) < 4.78 is 2.04. The van der Waals surface area contributed by atoms with Crippen LogP contribution < -0.4 is 5.32 Å². The largest absolute Gasteiger partial charge is 0.353 e. The summed E-state index contributed by atoms with van der Waals surface area (Å²) in [6, 6.07) is 0.600. The van der Waals surface area contributed by atoms with Crippen molar-refractivity contribution in [3.63, 3.8) is 0 Å². The van der Waals surface area contributed by atoms with Crippen molar-refractivity contribution in [2.45, 2.75) is 70.9 Å². The second-order valence-corrected chi connectivity index (χ2v) is 8.01. The van der Waals surface area contributed by atoms with E-state index in [1.165, 1.54) is 57.9 Å². The van der Waals surface area contributed by atoms with E-state index in [-0.39, 0.29) is 0 Å². The van der Waals surface area contributed by atoms with Gasteiger partial charge in [0.1, 0.15) is 12.4 Å². The third-order valence-corrected chi connectivity index (χ3v) is 6.39. The molecule has 3 fully saturated rings. The standard InChI is InChI=1S/C18H30N6/c1-14-21-22-16(23(14)2)12-19-17(20-15-6-3-4-7-15)24-11-10-18(13-24)8-5-9-18/h15H,3-13H2,1-2H3,(H,19,20). The van der Waals surface area contributed by atoms with Crippen molar-refractivity contribution in [2.75, 3.05) is 13.1 Å². The molecule has 1 N–H and O–H groups in total. The molecule has 1 spiro atoms.